The maximum Gasteiger partial charge on any atom is 0.0992 e. The van der Waals surface area contributed by atoms with Gasteiger partial charge in [-0.25, -0.2) is 0 Å². The number of anilines is 1. The molecule has 102 valence electrons. The Hall–Kier alpha value is -1.05. The van der Waals surface area contributed by atoms with Crippen molar-refractivity contribution in [2.24, 2.45) is 0 Å². The molecule has 0 spiro atoms. The molecule has 4 heteroatoms. The van der Waals surface area contributed by atoms with Crippen LogP contribution in [0.1, 0.15) is 26.3 Å². The van der Waals surface area contributed by atoms with Gasteiger partial charge in [0.2, 0.25) is 0 Å². The van der Waals surface area contributed by atoms with E-state index in [1.807, 2.05) is 18.2 Å². The highest BCUT2D eigenvalue weighted by Gasteiger charge is 2.26. The van der Waals surface area contributed by atoms with E-state index in [2.05, 4.69) is 52.6 Å². The summed E-state index contributed by atoms with van der Waals surface area (Å²) in [6.45, 7) is 11.0. The molecule has 1 aromatic carbocycles. The maximum absolute atomic E-state index is 8.90. The molecule has 0 radical (unpaired) electrons. The summed E-state index contributed by atoms with van der Waals surface area (Å²) in [5, 5.41) is 8.90. The van der Waals surface area contributed by atoms with Crippen molar-refractivity contribution in [2.75, 3.05) is 31.1 Å². The summed E-state index contributed by atoms with van der Waals surface area (Å²) in [4.78, 5) is 4.90. The van der Waals surface area contributed by atoms with Crippen molar-refractivity contribution in [1.82, 2.24) is 4.90 Å². The highest BCUT2D eigenvalue weighted by atomic mass is 79.9. The van der Waals surface area contributed by atoms with Crippen LogP contribution in [0.25, 0.3) is 0 Å². The van der Waals surface area contributed by atoms with Crippen LogP contribution in [-0.4, -0.2) is 36.6 Å². The van der Waals surface area contributed by atoms with E-state index in [9.17, 15) is 0 Å². The monoisotopic (exact) mass is 321 g/mol. The Balaban J connectivity index is 2.08. The highest BCUT2D eigenvalue weighted by Crippen LogP contribution is 2.29. The number of benzene rings is 1. The van der Waals surface area contributed by atoms with Gasteiger partial charge in [-0.2, -0.15) is 5.26 Å². The van der Waals surface area contributed by atoms with Crippen LogP contribution in [0, 0.1) is 11.3 Å². The minimum Gasteiger partial charge on any atom is -0.368 e. The van der Waals surface area contributed by atoms with Crippen molar-refractivity contribution >= 4 is 21.6 Å². The van der Waals surface area contributed by atoms with E-state index in [0.29, 0.717) is 5.56 Å². The molecule has 1 fully saturated rings. The molecule has 19 heavy (non-hydrogen) atoms. The molecule has 1 aliphatic heterocycles. The minimum atomic E-state index is 0.244. The number of hydrogen-bond donors (Lipinski definition) is 0. The summed E-state index contributed by atoms with van der Waals surface area (Å²) in [5.74, 6) is 0. The molecule has 3 nitrogen and oxygen atoms in total. The van der Waals surface area contributed by atoms with Crippen molar-refractivity contribution in [1.29, 1.82) is 5.26 Å². The highest BCUT2D eigenvalue weighted by molar-refractivity contribution is 9.10. The quantitative estimate of drug-likeness (QED) is 0.795. The van der Waals surface area contributed by atoms with E-state index in [1.165, 1.54) is 5.69 Å². The van der Waals surface area contributed by atoms with Gasteiger partial charge in [-0.1, -0.05) is 0 Å². The lowest BCUT2D eigenvalue weighted by Gasteiger charge is -2.43. The fourth-order valence-electron chi connectivity index (χ4n) is 2.45. The van der Waals surface area contributed by atoms with Gasteiger partial charge in [-0.05, 0) is 54.9 Å². The molecule has 0 atom stereocenters. The third kappa shape index (κ3) is 3.29. The first-order valence-corrected chi connectivity index (χ1v) is 7.41. The van der Waals surface area contributed by atoms with Crippen LogP contribution >= 0.6 is 15.9 Å². The van der Waals surface area contributed by atoms with Crippen LogP contribution in [0.15, 0.2) is 22.7 Å². The summed E-state index contributed by atoms with van der Waals surface area (Å²) >= 11 is 3.57. The lowest BCUT2D eigenvalue weighted by molar-refractivity contribution is 0.128. The summed E-state index contributed by atoms with van der Waals surface area (Å²) in [6.07, 6.45) is 0. The Bertz CT molecular complexity index is 491. The Morgan fingerprint density at radius 3 is 2.26 bits per heavy atom. The zero-order valence-electron chi connectivity index (χ0n) is 11.8. The Morgan fingerprint density at radius 1 is 1.16 bits per heavy atom. The minimum absolute atomic E-state index is 0.244. The first-order chi connectivity index (χ1) is 8.91. The number of nitriles is 1. The van der Waals surface area contributed by atoms with Gasteiger partial charge < -0.3 is 4.90 Å². The van der Waals surface area contributed by atoms with Gasteiger partial charge in [0.05, 0.1) is 17.3 Å². The molecule has 0 saturated carbocycles. The third-order valence-corrected chi connectivity index (χ3v) is 4.28. The fraction of sp³-hybridized carbons (Fsp3) is 0.533. The molecule has 1 aromatic rings. The second kappa shape index (κ2) is 5.52. The normalized spacial score (nSPS) is 17.3. The molecule has 0 unspecified atom stereocenters. The molecule has 0 amide bonds. The summed E-state index contributed by atoms with van der Waals surface area (Å²) in [6, 6.07) is 7.98. The van der Waals surface area contributed by atoms with Crippen LogP contribution < -0.4 is 4.90 Å². The smallest absolute Gasteiger partial charge is 0.0992 e. The molecule has 2 rings (SSSR count). The second-order valence-corrected chi connectivity index (χ2v) is 6.78. The van der Waals surface area contributed by atoms with Crippen molar-refractivity contribution in [3.8, 4) is 6.07 Å². The SMILES string of the molecule is CC(C)(C)N1CCN(c2ccc(C#N)cc2Br)CC1. The van der Waals surface area contributed by atoms with Crippen molar-refractivity contribution in [2.45, 2.75) is 26.3 Å². The number of hydrogen-bond acceptors (Lipinski definition) is 3. The maximum atomic E-state index is 8.90. The average molecular weight is 322 g/mol. The van der Waals surface area contributed by atoms with E-state index in [0.717, 1.165) is 30.7 Å². The van der Waals surface area contributed by atoms with E-state index in [1.54, 1.807) is 0 Å². The van der Waals surface area contributed by atoms with Gasteiger partial charge in [0.25, 0.3) is 0 Å². The molecular formula is C15H20BrN3. The van der Waals surface area contributed by atoms with Gasteiger partial charge in [0, 0.05) is 36.2 Å². The average Bonchev–Trinajstić information content (AvgIpc) is 2.37. The fourth-order valence-corrected chi connectivity index (χ4v) is 3.08. The summed E-state index contributed by atoms with van der Waals surface area (Å²) < 4.78 is 1.01. The number of rotatable bonds is 1. The molecule has 0 bridgehead atoms. The number of piperazine rings is 1. The molecule has 0 aromatic heterocycles. The van der Waals surface area contributed by atoms with Crippen LogP contribution in [0.2, 0.25) is 0 Å². The van der Waals surface area contributed by atoms with Gasteiger partial charge in [0.1, 0.15) is 0 Å². The lowest BCUT2D eigenvalue weighted by atomic mass is 10.0. The standard InChI is InChI=1S/C15H20BrN3/c1-15(2,3)19-8-6-18(7-9-19)14-5-4-12(11-17)10-13(14)16/h4-5,10H,6-9H2,1-3H3. The summed E-state index contributed by atoms with van der Waals surface area (Å²) in [5.41, 5.74) is 2.13. The van der Waals surface area contributed by atoms with Crippen LogP contribution in [-0.2, 0) is 0 Å². The third-order valence-electron chi connectivity index (χ3n) is 3.65. The molecular weight excluding hydrogens is 302 g/mol. The van der Waals surface area contributed by atoms with Gasteiger partial charge in [-0.15, -0.1) is 0 Å². The molecule has 0 aliphatic carbocycles. The topological polar surface area (TPSA) is 30.3 Å². The Morgan fingerprint density at radius 2 is 1.79 bits per heavy atom. The van der Waals surface area contributed by atoms with Crippen molar-refractivity contribution in [3.05, 3.63) is 28.2 Å². The van der Waals surface area contributed by atoms with Gasteiger partial charge >= 0.3 is 0 Å². The van der Waals surface area contributed by atoms with E-state index in [-0.39, 0.29) is 5.54 Å². The zero-order chi connectivity index (χ0) is 14.0. The first-order valence-electron chi connectivity index (χ1n) is 6.61. The van der Waals surface area contributed by atoms with Crippen LogP contribution in [0.4, 0.5) is 5.69 Å². The predicted octanol–water partition coefficient (Wildman–Crippen LogP) is 3.24. The van der Waals surface area contributed by atoms with Crippen molar-refractivity contribution in [3.63, 3.8) is 0 Å². The molecule has 1 saturated heterocycles. The van der Waals surface area contributed by atoms with E-state index in [4.69, 9.17) is 5.26 Å². The Labute approximate surface area is 123 Å². The zero-order valence-corrected chi connectivity index (χ0v) is 13.4. The number of nitrogens with zero attached hydrogens (tertiary/aromatic N) is 3. The van der Waals surface area contributed by atoms with Crippen molar-refractivity contribution < 1.29 is 0 Å². The predicted molar refractivity (Wildman–Crippen MR) is 82.4 cm³/mol. The number of halogens is 1. The van der Waals surface area contributed by atoms with Crippen LogP contribution in [0.5, 0.6) is 0 Å². The largest absolute Gasteiger partial charge is 0.368 e. The van der Waals surface area contributed by atoms with E-state index >= 15 is 0 Å². The molecule has 1 aliphatic rings. The molecule has 1 heterocycles. The lowest BCUT2D eigenvalue weighted by Crippen LogP contribution is -2.53. The molecule has 0 N–H and O–H groups in total. The first kappa shape index (κ1) is 14.4. The van der Waals surface area contributed by atoms with Crippen LogP contribution in [0.3, 0.4) is 0 Å². The second-order valence-electron chi connectivity index (χ2n) is 5.92. The van der Waals surface area contributed by atoms with Gasteiger partial charge in [0.15, 0.2) is 0 Å². The summed E-state index contributed by atoms with van der Waals surface area (Å²) in [7, 11) is 0. The van der Waals surface area contributed by atoms with E-state index < -0.39 is 0 Å². The van der Waals surface area contributed by atoms with Gasteiger partial charge in [-0.3, -0.25) is 4.90 Å². The Kier molecular flexibility index (Phi) is 4.17.